The van der Waals surface area contributed by atoms with Crippen LogP contribution in [0.25, 0.3) is 0 Å². The highest BCUT2D eigenvalue weighted by Crippen LogP contribution is 2.28. The second-order valence-corrected chi connectivity index (χ2v) is 6.66. The summed E-state index contributed by atoms with van der Waals surface area (Å²) in [4.78, 5) is 24.0. The van der Waals surface area contributed by atoms with Crippen LogP contribution in [0.5, 0.6) is 0 Å². The maximum absolute atomic E-state index is 12.5. The van der Waals surface area contributed by atoms with Crippen LogP contribution in [-0.4, -0.2) is 36.7 Å². The molecule has 2 aliphatic carbocycles. The van der Waals surface area contributed by atoms with E-state index in [-0.39, 0.29) is 11.8 Å². The fourth-order valence-corrected chi connectivity index (χ4v) is 3.83. The minimum atomic E-state index is 0.0796. The van der Waals surface area contributed by atoms with Crippen LogP contribution < -0.4 is 5.32 Å². The molecule has 2 heterocycles. The number of carbonyl (C=O) groups is 1. The van der Waals surface area contributed by atoms with Crippen LogP contribution in [0.15, 0.2) is 19.0 Å². The van der Waals surface area contributed by atoms with E-state index in [0.29, 0.717) is 12.1 Å². The third-order valence-electron chi connectivity index (χ3n) is 5.21. The normalized spacial score (nSPS) is 27.4. The second kappa shape index (κ2) is 6.14. The van der Waals surface area contributed by atoms with Gasteiger partial charge >= 0.3 is 0 Å². The highest BCUT2D eigenvalue weighted by Gasteiger charge is 2.29. The van der Waals surface area contributed by atoms with Crippen LogP contribution >= 0.6 is 0 Å². The molecule has 4 rings (SSSR count). The van der Waals surface area contributed by atoms with E-state index in [0.717, 1.165) is 56.3 Å². The first-order valence-corrected chi connectivity index (χ1v) is 8.45. The molecule has 1 saturated carbocycles. The van der Waals surface area contributed by atoms with Crippen LogP contribution in [0.3, 0.4) is 0 Å². The van der Waals surface area contributed by atoms with Crippen molar-refractivity contribution in [1.29, 1.82) is 0 Å². The first-order chi connectivity index (χ1) is 11.3. The molecule has 0 bridgehead atoms. The van der Waals surface area contributed by atoms with Crippen molar-refractivity contribution in [3.63, 3.8) is 0 Å². The highest BCUT2D eigenvalue weighted by molar-refractivity contribution is 5.79. The summed E-state index contributed by atoms with van der Waals surface area (Å²) in [6, 6.07) is 0.721. The third kappa shape index (κ3) is 3.00. The van der Waals surface area contributed by atoms with Crippen LogP contribution in [0.2, 0.25) is 0 Å². The summed E-state index contributed by atoms with van der Waals surface area (Å²) in [6.07, 6.45) is 11.8. The number of aryl methyl sites for hydroxylation is 1. The highest BCUT2D eigenvalue weighted by atomic mass is 16.1. The van der Waals surface area contributed by atoms with Crippen LogP contribution in [0.1, 0.15) is 49.5 Å². The van der Waals surface area contributed by atoms with Gasteiger partial charge in [-0.15, -0.1) is 0 Å². The molecule has 2 aliphatic rings. The minimum absolute atomic E-state index is 0.0796. The summed E-state index contributed by atoms with van der Waals surface area (Å²) in [6.45, 7) is 0. The monoisotopic (exact) mass is 314 g/mol. The molecule has 0 aliphatic heterocycles. The number of nitrogens with zero attached hydrogens (tertiary/aromatic N) is 4. The van der Waals surface area contributed by atoms with Gasteiger partial charge in [0.1, 0.15) is 12.7 Å². The third-order valence-corrected chi connectivity index (χ3v) is 5.21. The molecule has 7 heteroatoms. The summed E-state index contributed by atoms with van der Waals surface area (Å²) in [7, 11) is 0. The van der Waals surface area contributed by atoms with Crippen molar-refractivity contribution in [2.24, 2.45) is 5.92 Å². The van der Waals surface area contributed by atoms with Crippen LogP contribution in [-0.2, 0) is 17.6 Å². The van der Waals surface area contributed by atoms with Gasteiger partial charge in [0.25, 0.3) is 0 Å². The number of H-pyrrole nitrogens is 1. The molecule has 0 spiro atoms. The Balaban J connectivity index is 1.29. The van der Waals surface area contributed by atoms with Crippen molar-refractivity contribution < 1.29 is 4.79 Å². The summed E-state index contributed by atoms with van der Waals surface area (Å²) < 4.78 is 1.94. The van der Waals surface area contributed by atoms with E-state index in [2.05, 4.69) is 25.4 Å². The number of hydrogen-bond donors (Lipinski definition) is 2. The molecule has 2 N–H and O–H groups in total. The fraction of sp³-hybridized carbons (Fsp3) is 0.625. The topological polar surface area (TPSA) is 88.5 Å². The van der Waals surface area contributed by atoms with Gasteiger partial charge in [-0.1, -0.05) is 0 Å². The standard InChI is InChI=1S/C16H22N6O/c23-16(11-1-6-14-15(7-11)19-9-18-14)21-12-2-4-13(5-3-12)22-10-17-8-20-22/h8-13H,1-7H2,(H,18,19)(H,21,23). The van der Waals surface area contributed by atoms with Gasteiger partial charge in [0.05, 0.1) is 18.1 Å². The largest absolute Gasteiger partial charge is 0.353 e. The average molecular weight is 314 g/mol. The number of imidazole rings is 1. The van der Waals surface area contributed by atoms with Gasteiger partial charge in [0, 0.05) is 24.1 Å². The smallest absolute Gasteiger partial charge is 0.223 e. The molecule has 0 radical (unpaired) electrons. The Bertz CT molecular complexity index is 656. The SMILES string of the molecule is O=C(NC1CCC(n2cncn2)CC1)C1CCc2nc[nH]c2C1. The Kier molecular flexibility index (Phi) is 3.85. The van der Waals surface area contributed by atoms with Crippen molar-refractivity contribution >= 4 is 5.91 Å². The van der Waals surface area contributed by atoms with Crippen molar-refractivity contribution in [1.82, 2.24) is 30.0 Å². The van der Waals surface area contributed by atoms with Crippen LogP contribution in [0, 0.1) is 5.92 Å². The predicted octanol–water partition coefficient (Wildman–Crippen LogP) is 1.41. The number of carbonyl (C=O) groups excluding carboxylic acids is 1. The number of fused-ring (bicyclic) bond motifs is 1. The van der Waals surface area contributed by atoms with Gasteiger partial charge in [0.2, 0.25) is 5.91 Å². The zero-order valence-electron chi connectivity index (χ0n) is 13.1. The molecule has 122 valence electrons. The van der Waals surface area contributed by atoms with E-state index in [1.807, 2.05) is 4.68 Å². The lowest BCUT2D eigenvalue weighted by molar-refractivity contribution is -0.126. The average Bonchev–Trinajstić information content (AvgIpc) is 3.26. The number of aromatic nitrogens is 5. The lowest BCUT2D eigenvalue weighted by atomic mass is 9.87. The van der Waals surface area contributed by atoms with Crippen molar-refractivity contribution in [2.45, 2.75) is 57.0 Å². The maximum Gasteiger partial charge on any atom is 0.223 e. The van der Waals surface area contributed by atoms with E-state index in [1.54, 1.807) is 19.0 Å². The van der Waals surface area contributed by atoms with E-state index in [9.17, 15) is 4.79 Å². The number of hydrogen-bond acceptors (Lipinski definition) is 4. The zero-order valence-corrected chi connectivity index (χ0v) is 13.1. The first-order valence-electron chi connectivity index (χ1n) is 8.45. The number of nitrogens with one attached hydrogen (secondary N) is 2. The molecular weight excluding hydrogens is 292 g/mol. The summed E-state index contributed by atoms with van der Waals surface area (Å²) in [5.41, 5.74) is 2.26. The van der Waals surface area contributed by atoms with Crippen molar-refractivity contribution in [3.8, 4) is 0 Å². The molecule has 7 nitrogen and oxygen atoms in total. The lowest BCUT2D eigenvalue weighted by Gasteiger charge is -2.30. The Morgan fingerprint density at radius 2 is 2.13 bits per heavy atom. The Labute approximate surface area is 134 Å². The van der Waals surface area contributed by atoms with Gasteiger partial charge in [-0.25, -0.2) is 14.6 Å². The minimum Gasteiger partial charge on any atom is -0.353 e. The first kappa shape index (κ1) is 14.4. The maximum atomic E-state index is 12.5. The summed E-state index contributed by atoms with van der Waals surface area (Å²) in [5, 5.41) is 7.48. The Hall–Kier alpha value is -2.18. The van der Waals surface area contributed by atoms with E-state index in [4.69, 9.17) is 0 Å². The Morgan fingerprint density at radius 3 is 2.91 bits per heavy atom. The van der Waals surface area contributed by atoms with Gasteiger partial charge < -0.3 is 10.3 Å². The molecule has 1 atom stereocenters. The quantitative estimate of drug-likeness (QED) is 0.896. The van der Waals surface area contributed by atoms with E-state index in [1.165, 1.54) is 0 Å². The predicted molar refractivity (Wildman–Crippen MR) is 83.6 cm³/mol. The van der Waals surface area contributed by atoms with Crippen molar-refractivity contribution in [3.05, 3.63) is 30.4 Å². The zero-order chi connectivity index (χ0) is 15.6. The van der Waals surface area contributed by atoms with E-state index < -0.39 is 0 Å². The van der Waals surface area contributed by atoms with Crippen molar-refractivity contribution in [2.75, 3.05) is 0 Å². The number of rotatable bonds is 3. The molecule has 1 unspecified atom stereocenters. The summed E-state index contributed by atoms with van der Waals surface area (Å²) >= 11 is 0. The molecule has 23 heavy (non-hydrogen) atoms. The number of amides is 1. The molecule has 1 fully saturated rings. The molecular formula is C16H22N6O. The van der Waals surface area contributed by atoms with Gasteiger partial charge in [-0.05, 0) is 38.5 Å². The lowest BCUT2D eigenvalue weighted by Crippen LogP contribution is -2.42. The molecule has 2 aromatic rings. The Morgan fingerprint density at radius 1 is 1.26 bits per heavy atom. The van der Waals surface area contributed by atoms with Gasteiger partial charge in [-0.3, -0.25) is 4.79 Å². The van der Waals surface area contributed by atoms with Gasteiger partial charge in [-0.2, -0.15) is 5.10 Å². The van der Waals surface area contributed by atoms with E-state index >= 15 is 0 Å². The van der Waals surface area contributed by atoms with Crippen LogP contribution in [0.4, 0.5) is 0 Å². The molecule has 1 amide bonds. The summed E-state index contributed by atoms with van der Waals surface area (Å²) in [5.74, 6) is 0.283. The molecule has 2 aromatic heterocycles. The molecule has 0 aromatic carbocycles. The molecule has 0 saturated heterocycles. The second-order valence-electron chi connectivity index (χ2n) is 6.66. The van der Waals surface area contributed by atoms with Gasteiger partial charge in [0.15, 0.2) is 0 Å². The number of aromatic amines is 1. The fourth-order valence-electron chi connectivity index (χ4n) is 3.83.